The highest BCUT2D eigenvalue weighted by Gasteiger charge is 2.25. The molecule has 7 nitrogen and oxygen atoms in total. The van der Waals surface area contributed by atoms with Crippen LogP contribution in [0.15, 0.2) is 0 Å². The van der Waals surface area contributed by atoms with Crippen molar-refractivity contribution in [3.8, 4) is 0 Å². The Balaban J connectivity index is 2.34. The molecular weight excluding hydrogens is 262 g/mol. The molecular formula is C13H25N3O4. The van der Waals surface area contributed by atoms with Crippen LogP contribution >= 0.6 is 0 Å². The Morgan fingerprint density at radius 3 is 2.25 bits per heavy atom. The molecule has 0 spiro atoms. The van der Waals surface area contributed by atoms with Crippen LogP contribution in [0.5, 0.6) is 0 Å². The molecule has 1 heterocycles. The number of aliphatic hydroxyl groups excluding tert-OH is 1. The van der Waals surface area contributed by atoms with E-state index in [1.165, 1.54) is 26.2 Å². The lowest BCUT2D eigenvalue weighted by Crippen LogP contribution is -2.54. The molecule has 0 aromatic rings. The number of carboxylic acids is 1. The molecule has 2 amide bonds. The summed E-state index contributed by atoms with van der Waals surface area (Å²) in [5, 5.41) is 23.1. The van der Waals surface area contributed by atoms with Crippen LogP contribution < -0.4 is 10.6 Å². The Hall–Kier alpha value is -1.34. The minimum absolute atomic E-state index is 0.0726. The fourth-order valence-corrected chi connectivity index (χ4v) is 2.37. The van der Waals surface area contributed by atoms with Crippen LogP contribution in [0.3, 0.4) is 0 Å². The van der Waals surface area contributed by atoms with E-state index in [2.05, 4.69) is 15.5 Å². The van der Waals surface area contributed by atoms with Gasteiger partial charge in [-0.15, -0.1) is 0 Å². The number of piperidine rings is 1. The van der Waals surface area contributed by atoms with Crippen molar-refractivity contribution in [3.05, 3.63) is 0 Å². The molecule has 1 aliphatic rings. The van der Waals surface area contributed by atoms with Crippen molar-refractivity contribution in [2.24, 2.45) is 0 Å². The number of nitrogens with zero attached hydrogens (tertiary/aromatic N) is 1. The Morgan fingerprint density at radius 2 is 1.75 bits per heavy atom. The second kappa shape index (κ2) is 8.06. The lowest BCUT2D eigenvalue weighted by atomic mass is 10.1. The van der Waals surface area contributed by atoms with Gasteiger partial charge in [0, 0.05) is 12.6 Å². The summed E-state index contributed by atoms with van der Waals surface area (Å²) in [6.45, 7) is 6.04. The van der Waals surface area contributed by atoms with Crippen LogP contribution in [0.1, 0.15) is 33.1 Å². The second-order valence-electron chi connectivity index (χ2n) is 5.44. The van der Waals surface area contributed by atoms with Crippen molar-refractivity contribution in [2.45, 2.75) is 51.3 Å². The van der Waals surface area contributed by atoms with Crippen LogP contribution in [-0.4, -0.2) is 64.9 Å². The van der Waals surface area contributed by atoms with Gasteiger partial charge in [-0.2, -0.15) is 0 Å². The highest BCUT2D eigenvalue weighted by atomic mass is 16.4. The number of urea groups is 1. The lowest BCUT2D eigenvalue weighted by Gasteiger charge is -2.29. The normalized spacial score (nSPS) is 20.8. The quantitative estimate of drug-likeness (QED) is 0.550. The van der Waals surface area contributed by atoms with E-state index in [0.29, 0.717) is 0 Å². The fourth-order valence-electron chi connectivity index (χ4n) is 2.37. The van der Waals surface area contributed by atoms with E-state index < -0.39 is 24.1 Å². The first-order valence-electron chi connectivity index (χ1n) is 7.10. The van der Waals surface area contributed by atoms with E-state index in [4.69, 9.17) is 5.11 Å². The van der Waals surface area contributed by atoms with Gasteiger partial charge < -0.3 is 25.7 Å². The molecule has 116 valence electrons. The van der Waals surface area contributed by atoms with E-state index in [1.54, 1.807) is 0 Å². The number of nitrogens with one attached hydrogen (secondary N) is 2. The van der Waals surface area contributed by atoms with Gasteiger partial charge in [0.15, 0.2) is 6.04 Å². The number of aliphatic hydroxyl groups is 1. The monoisotopic (exact) mass is 287 g/mol. The number of aliphatic carboxylic acids is 1. The van der Waals surface area contributed by atoms with Gasteiger partial charge in [0.05, 0.1) is 6.10 Å². The van der Waals surface area contributed by atoms with Crippen molar-refractivity contribution >= 4 is 12.0 Å². The summed E-state index contributed by atoms with van der Waals surface area (Å²) in [6.07, 6.45) is 2.48. The number of hydrogen-bond acceptors (Lipinski definition) is 4. The molecule has 1 saturated heterocycles. The molecule has 3 atom stereocenters. The molecule has 1 fully saturated rings. The van der Waals surface area contributed by atoms with Crippen molar-refractivity contribution in [2.75, 3.05) is 19.6 Å². The van der Waals surface area contributed by atoms with Gasteiger partial charge in [-0.05, 0) is 39.8 Å². The Kier molecular flexibility index (Phi) is 6.74. The molecule has 0 aromatic heterocycles. The van der Waals surface area contributed by atoms with Crippen molar-refractivity contribution in [3.63, 3.8) is 0 Å². The highest BCUT2D eigenvalue weighted by molar-refractivity contribution is 5.83. The standard InChI is InChI=1S/C13H25N3O4/c1-9(8-16-6-4-3-5-7-16)14-13(20)15-11(10(2)17)12(18)19/h9-11,17H,3-8H2,1-2H3,(H,18,19)(H2,14,15,20). The predicted octanol–water partition coefficient (Wildman–Crippen LogP) is -0.00600. The third kappa shape index (κ3) is 5.75. The van der Waals surface area contributed by atoms with Gasteiger partial charge in [-0.25, -0.2) is 9.59 Å². The maximum atomic E-state index is 11.7. The van der Waals surface area contributed by atoms with E-state index in [1.807, 2.05) is 6.92 Å². The zero-order chi connectivity index (χ0) is 15.1. The summed E-state index contributed by atoms with van der Waals surface area (Å²) >= 11 is 0. The van der Waals surface area contributed by atoms with Gasteiger partial charge in [0.2, 0.25) is 0 Å². The number of amides is 2. The first-order valence-corrected chi connectivity index (χ1v) is 7.10. The fraction of sp³-hybridized carbons (Fsp3) is 0.846. The molecule has 1 aliphatic heterocycles. The average Bonchev–Trinajstić information content (AvgIpc) is 2.36. The van der Waals surface area contributed by atoms with Gasteiger partial charge in [-0.1, -0.05) is 6.42 Å². The van der Waals surface area contributed by atoms with Gasteiger partial charge in [0.25, 0.3) is 0 Å². The maximum Gasteiger partial charge on any atom is 0.328 e. The number of carbonyl (C=O) groups excluding carboxylic acids is 1. The van der Waals surface area contributed by atoms with E-state index in [-0.39, 0.29) is 6.04 Å². The predicted molar refractivity (Wildman–Crippen MR) is 74.5 cm³/mol. The summed E-state index contributed by atoms with van der Waals surface area (Å²) in [7, 11) is 0. The number of carboxylic acid groups (broad SMARTS) is 1. The van der Waals surface area contributed by atoms with E-state index in [0.717, 1.165) is 19.6 Å². The van der Waals surface area contributed by atoms with Crippen LogP contribution in [0.4, 0.5) is 4.79 Å². The largest absolute Gasteiger partial charge is 0.480 e. The van der Waals surface area contributed by atoms with E-state index in [9.17, 15) is 14.7 Å². The number of hydrogen-bond donors (Lipinski definition) is 4. The van der Waals surface area contributed by atoms with Crippen LogP contribution in [0, 0.1) is 0 Å². The third-order valence-electron chi connectivity index (χ3n) is 3.39. The third-order valence-corrected chi connectivity index (χ3v) is 3.39. The molecule has 4 N–H and O–H groups in total. The Morgan fingerprint density at radius 1 is 1.15 bits per heavy atom. The lowest BCUT2D eigenvalue weighted by molar-refractivity contribution is -0.141. The molecule has 0 bridgehead atoms. The van der Waals surface area contributed by atoms with Crippen LogP contribution in [0.2, 0.25) is 0 Å². The summed E-state index contributed by atoms with van der Waals surface area (Å²) in [6, 6.07) is -1.93. The minimum atomic E-state index is -1.29. The smallest absolute Gasteiger partial charge is 0.328 e. The number of carbonyl (C=O) groups is 2. The summed E-state index contributed by atoms with van der Waals surface area (Å²) < 4.78 is 0. The first-order chi connectivity index (χ1) is 9.40. The topological polar surface area (TPSA) is 102 Å². The minimum Gasteiger partial charge on any atom is -0.480 e. The molecule has 3 unspecified atom stereocenters. The number of rotatable bonds is 6. The van der Waals surface area contributed by atoms with Crippen LogP contribution in [0.25, 0.3) is 0 Å². The van der Waals surface area contributed by atoms with Crippen LogP contribution in [-0.2, 0) is 4.79 Å². The molecule has 0 aliphatic carbocycles. The molecule has 0 saturated carbocycles. The molecule has 0 aromatic carbocycles. The molecule has 1 rings (SSSR count). The summed E-state index contributed by atoms with van der Waals surface area (Å²) in [5.74, 6) is -1.25. The van der Waals surface area contributed by atoms with Gasteiger partial charge in [-0.3, -0.25) is 0 Å². The Labute approximate surface area is 119 Å². The van der Waals surface area contributed by atoms with Gasteiger partial charge >= 0.3 is 12.0 Å². The molecule has 7 heteroatoms. The van der Waals surface area contributed by atoms with Gasteiger partial charge in [0.1, 0.15) is 0 Å². The summed E-state index contributed by atoms with van der Waals surface area (Å²) in [4.78, 5) is 24.9. The average molecular weight is 287 g/mol. The first kappa shape index (κ1) is 16.7. The van der Waals surface area contributed by atoms with Crippen molar-refractivity contribution in [1.82, 2.24) is 15.5 Å². The molecule has 0 radical (unpaired) electrons. The molecule has 20 heavy (non-hydrogen) atoms. The zero-order valence-electron chi connectivity index (χ0n) is 12.1. The maximum absolute atomic E-state index is 11.7. The van der Waals surface area contributed by atoms with E-state index >= 15 is 0 Å². The second-order valence-corrected chi connectivity index (χ2v) is 5.44. The van der Waals surface area contributed by atoms with Crippen molar-refractivity contribution < 1.29 is 19.8 Å². The zero-order valence-corrected chi connectivity index (χ0v) is 12.1. The number of likely N-dealkylation sites (tertiary alicyclic amines) is 1. The SMILES string of the molecule is CC(CN1CCCCC1)NC(=O)NC(C(=O)O)C(C)O. The summed E-state index contributed by atoms with van der Waals surface area (Å²) in [5.41, 5.74) is 0. The highest BCUT2D eigenvalue weighted by Crippen LogP contribution is 2.08. The van der Waals surface area contributed by atoms with Crippen molar-refractivity contribution in [1.29, 1.82) is 0 Å². The Bertz CT molecular complexity index is 330.